The molecular formula is C16H20N4O2S. The first kappa shape index (κ1) is 15.9. The second kappa shape index (κ2) is 7.52. The predicted molar refractivity (Wildman–Crippen MR) is 89.6 cm³/mol. The summed E-state index contributed by atoms with van der Waals surface area (Å²) in [7, 11) is 1.63. The van der Waals surface area contributed by atoms with Gasteiger partial charge in [0.25, 0.3) is 0 Å². The van der Waals surface area contributed by atoms with E-state index >= 15 is 0 Å². The van der Waals surface area contributed by atoms with Crippen molar-refractivity contribution in [3.8, 4) is 0 Å². The lowest BCUT2D eigenvalue weighted by atomic mass is 9.91. The van der Waals surface area contributed by atoms with Crippen molar-refractivity contribution in [3.05, 3.63) is 40.2 Å². The number of nitrogens with zero attached hydrogens (tertiary/aromatic N) is 2. The molecule has 2 amide bonds. The molecule has 122 valence electrons. The van der Waals surface area contributed by atoms with E-state index in [1.807, 2.05) is 6.20 Å². The fraction of sp³-hybridized carbons (Fsp3) is 0.438. The molecule has 0 unspecified atom stereocenters. The molecule has 0 aliphatic heterocycles. The van der Waals surface area contributed by atoms with Gasteiger partial charge in [0.05, 0.1) is 23.7 Å². The number of carbonyl (C=O) groups is 1. The molecular weight excluding hydrogens is 312 g/mol. The minimum absolute atomic E-state index is 0.265. The van der Waals surface area contributed by atoms with Crippen molar-refractivity contribution in [2.75, 3.05) is 12.4 Å². The summed E-state index contributed by atoms with van der Waals surface area (Å²) in [6.07, 6.45) is 8.13. The number of amides is 2. The van der Waals surface area contributed by atoms with Gasteiger partial charge in [-0.2, -0.15) is 0 Å². The number of methoxy groups -OCH3 is 1. The highest BCUT2D eigenvalue weighted by molar-refractivity contribution is 7.15. The molecule has 0 spiro atoms. The molecule has 0 radical (unpaired) electrons. The van der Waals surface area contributed by atoms with E-state index in [4.69, 9.17) is 4.74 Å². The number of anilines is 1. The summed E-state index contributed by atoms with van der Waals surface area (Å²) >= 11 is 1.41. The zero-order valence-corrected chi connectivity index (χ0v) is 13.9. The number of thiazole rings is 1. The summed E-state index contributed by atoms with van der Waals surface area (Å²) in [5, 5.41) is 6.17. The van der Waals surface area contributed by atoms with Gasteiger partial charge in [-0.1, -0.05) is 11.3 Å². The molecule has 2 aromatic rings. The van der Waals surface area contributed by atoms with Gasteiger partial charge < -0.3 is 10.1 Å². The smallest absolute Gasteiger partial charge is 0.321 e. The van der Waals surface area contributed by atoms with Crippen LogP contribution in [0.5, 0.6) is 0 Å². The van der Waals surface area contributed by atoms with Crippen molar-refractivity contribution in [3.63, 3.8) is 0 Å². The summed E-state index contributed by atoms with van der Waals surface area (Å²) in [6.45, 7) is 0.937. The summed E-state index contributed by atoms with van der Waals surface area (Å²) in [6, 6.07) is 1.82. The molecule has 6 nitrogen and oxygen atoms in total. The highest BCUT2D eigenvalue weighted by atomic mass is 32.1. The quantitative estimate of drug-likeness (QED) is 0.883. The number of hydrogen-bond acceptors (Lipinski definition) is 5. The average Bonchev–Trinajstić information content (AvgIpc) is 3.00. The topological polar surface area (TPSA) is 76.1 Å². The molecule has 0 fully saturated rings. The Morgan fingerprint density at radius 1 is 1.35 bits per heavy atom. The average molecular weight is 332 g/mol. The molecule has 0 bridgehead atoms. The molecule has 23 heavy (non-hydrogen) atoms. The highest BCUT2D eigenvalue weighted by Gasteiger charge is 2.14. The predicted octanol–water partition coefficient (Wildman–Crippen LogP) is 2.89. The molecule has 7 heteroatoms. The fourth-order valence-electron chi connectivity index (χ4n) is 2.77. The van der Waals surface area contributed by atoms with E-state index < -0.39 is 0 Å². The van der Waals surface area contributed by atoms with Crippen molar-refractivity contribution in [1.29, 1.82) is 0 Å². The van der Waals surface area contributed by atoms with Crippen LogP contribution in [-0.2, 0) is 30.7 Å². The molecule has 1 aliphatic carbocycles. The maximum absolute atomic E-state index is 12.0. The molecule has 0 atom stereocenters. The maximum Gasteiger partial charge on any atom is 0.321 e. The molecule has 2 N–H and O–H groups in total. The minimum Gasteiger partial charge on any atom is -0.379 e. The zero-order chi connectivity index (χ0) is 16.1. The molecule has 0 aromatic carbocycles. The Bertz CT molecular complexity index is 686. The van der Waals surface area contributed by atoms with E-state index in [1.165, 1.54) is 35.3 Å². The monoisotopic (exact) mass is 332 g/mol. The zero-order valence-electron chi connectivity index (χ0n) is 13.1. The molecule has 0 saturated heterocycles. The number of fused-ring (bicyclic) bond motifs is 1. The van der Waals surface area contributed by atoms with E-state index in [2.05, 4.69) is 26.7 Å². The Balaban J connectivity index is 1.56. The van der Waals surface area contributed by atoms with Gasteiger partial charge in [0, 0.05) is 19.5 Å². The van der Waals surface area contributed by atoms with Crippen LogP contribution in [0, 0.1) is 0 Å². The van der Waals surface area contributed by atoms with Crippen LogP contribution in [0.2, 0.25) is 0 Å². The summed E-state index contributed by atoms with van der Waals surface area (Å²) in [5.41, 5.74) is 3.64. The van der Waals surface area contributed by atoms with Crippen molar-refractivity contribution < 1.29 is 9.53 Å². The first-order valence-corrected chi connectivity index (χ1v) is 8.52. The summed E-state index contributed by atoms with van der Waals surface area (Å²) < 4.78 is 5.04. The van der Waals surface area contributed by atoms with Crippen LogP contribution in [-0.4, -0.2) is 23.1 Å². The minimum atomic E-state index is -0.265. The van der Waals surface area contributed by atoms with Crippen molar-refractivity contribution in [2.24, 2.45) is 0 Å². The lowest BCUT2D eigenvalue weighted by Gasteiger charge is -2.18. The number of aromatic nitrogens is 2. The second-order valence-electron chi connectivity index (χ2n) is 5.47. The van der Waals surface area contributed by atoms with Crippen molar-refractivity contribution in [2.45, 2.75) is 38.8 Å². The van der Waals surface area contributed by atoms with Gasteiger partial charge in [-0.05, 0) is 42.9 Å². The lowest BCUT2D eigenvalue weighted by molar-refractivity contribution is 0.187. The third kappa shape index (κ3) is 4.05. The maximum atomic E-state index is 12.0. The van der Waals surface area contributed by atoms with Gasteiger partial charge in [0.15, 0.2) is 5.13 Å². The Morgan fingerprint density at radius 3 is 3.09 bits per heavy atom. The van der Waals surface area contributed by atoms with E-state index in [-0.39, 0.29) is 6.03 Å². The van der Waals surface area contributed by atoms with Gasteiger partial charge in [-0.15, -0.1) is 0 Å². The number of ether oxygens (including phenoxy) is 1. The van der Waals surface area contributed by atoms with Gasteiger partial charge in [0.1, 0.15) is 0 Å². The number of rotatable bonds is 5. The Hall–Kier alpha value is -1.99. The molecule has 2 heterocycles. The molecule has 0 saturated carbocycles. The van der Waals surface area contributed by atoms with Crippen LogP contribution < -0.4 is 10.6 Å². The van der Waals surface area contributed by atoms with E-state index in [1.54, 1.807) is 13.3 Å². The van der Waals surface area contributed by atoms with Gasteiger partial charge in [-0.25, -0.2) is 9.78 Å². The third-order valence-electron chi connectivity index (χ3n) is 3.84. The van der Waals surface area contributed by atoms with Crippen LogP contribution in [0.4, 0.5) is 9.93 Å². The molecule has 1 aliphatic rings. The SMILES string of the molecule is COCc1cnc(NC(=O)NCc2nccc3c2CCCC3)s1. The van der Waals surface area contributed by atoms with Crippen LogP contribution in [0.25, 0.3) is 0 Å². The van der Waals surface area contributed by atoms with E-state index in [0.29, 0.717) is 18.3 Å². The van der Waals surface area contributed by atoms with Crippen LogP contribution in [0.1, 0.15) is 34.5 Å². The van der Waals surface area contributed by atoms with Gasteiger partial charge in [-0.3, -0.25) is 10.3 Å². The number of carbonyl (C=O) groups excluding carboxylic acids is 1. The highest BCUT2D eigenvalue weighted by Crippen LogP contribution is 2.23. The standard InChI is InChI=1S/C16H20N4O2S/c1-22-10-12-8-19-16(23-12)20-15(21)18-9-14-13-5-3-2-4-11(13)6-7-17-14/h6-8H,2-5,9-10H2,1H3,(H2,18,19,20,21). The molecule has 2 aromatic heterocycles. The lowest BCUT2D eigenvalue weighted by Crippen LogP contribution is -2.29. The van der Waals surface area contributed by atoms with Gasteiger partial charge >= 0.3 is 6.03 Å². The Kier molecular flexibility index (Phi) is 5.19. The number of pyridine rings is 1. The number of nitrogens with one attached hydrogen (secondary N) is 2. The van der Waals surface area contributed by atoms with Crippen LogP contribution in [0.3, 0.4) is 0 Å². The number of aryl methyl sites for hydroxylation is 1. The fourth-order valence-corrected chi connectivity index (χ4v) is 3.55. The van der Waals surface area contributed by atoms with Crippen molar-refractivity contribution in [1.82, 2.24) is 15.3 Å². The summed E-state index contributed by atoms with van der Waals surface area (Å²) in [4.78, 5) is 21.6. The summed E-state index contributed by atoms with van der Waals surface area (Å²) in [5.74, 6) is 0. The molecule has 3 rings (SSSR count). The Morgan fingerprint density at radius 2 is 2.22 bits per heavy atom. The van der Waals surface area contributed by atoms with E-state index in [9.17, 15) is 4.79 Å². The third-order valence-corrected chi connectivity index (χ3v) is 4.73. The van der Waals surface area contributed by atoms with Crippen LogP contribution >= 0.6 is 11.3 Å². The van der Waals surface area contributed by atoms with Crippen molar-refractivity contribution >= 4 is 22.5 Å². The largest absolute Gasteiger partial charge is 0.379 e. The number of urea groups is 1. The normalized spacial score (nSPS) is 13.4. The van der Waals surface area contributed by atoms with E-state index in [0.717, 1.165) is 23.4 Å². The number of hydrogen-bond donors (Lipinski definition) is 2. The Labute approximate surface area is 139 Å². The second-order valence-corrected chi connectivity index (χ2v) is 6.59. The van der Waals surface area contributed by atoms with Crippen LogP contribution in [0.15, 0.2) is 18.5 Å². The van der Waals surface area contributed by atoms with Gasteiger partial charge in [0.2, 0.25) is 0 Å². The first-order chi connectivity index (χ1) is 11.3. The first-order valence-electron chi connectivity index (χ1n) is 7.70.